The van der Waals surface area contributed by atoms with Crippen LogP contribution in [0.4, 0.5) is 0 Å². The van der Waals surface area contributed by atoms with Crippen molar-refractivity contribution in [2.24, 2.45) is 11.3 Å². The van der Waals surface area contributed by atoms with Crippen LogP contribution in [0.1, 0.15) is 58.2 Å². The van der Waals surface area contributed by atoms with Crippen molar-refractivity contribution < 1.29 is 4.79 Å². The van der Waals surface area contributed by atoms with E-state index in [1.165, 1.54) is 24.8 Å². The number of rotatable bonds is 5. The highest BCUT2D eigenvalue weighted by Crippen LogP contribution is 2.43. The molecule has 1 aliphatic carbocycles. The van der Waals surface area contributed by atoms with Gasteiger partial charge in [-0.1, -0.05) is 33.6 Å². The SMILES string of the molecule is CCC(C)C1NC(c2ccsc2)N(CC2(C)CCC2)C1=O. The van der Waals surface area contributed by atoms with Gasteiger partial charge in [0.05, 0.1) is 6.04 Å². The highest BCUT2D eigenvalue weighted by atomic mass is 32.1. The Hall–Kier alpha value is -0.870. The number of hydrogen-bond donors (Lipinski definition) is 1. The quantitative estimate of drug-likeness (QED) is 0.898. The molecule has 3 rings (SSSR count). The zero-order valence-corrected chi connectivity index (χ0v) is 14.1. The molecule has 1 aliphatic heterocycles. The van der Waals surface area contributed by atoms with Crippen LogP contribution in [0, 0.1) is 11.3 Å². The fraction of sp³-hybridized carbons (Fsp3) is 0.706. The molecule has 0 spiro atoms. The average Bonchev–Trinajstić information content (AvgIpc) is 3.06. The van der Waals surface area contributed by atoms with Gasteiger partial charge in [-0.3, -0.25) is 10.1 Å². The van der Waals surface area contributed by atoms with Gasteiger partial charge >= 0.3 is 0 Å². The lowest BCUT2D eigenvalue weighted by Crippen LogP contribution is -2.43. The third-order valence-corrected chi connectivity index (χ3v) is 6.08. The highest BCUT2D eigenvalue weighted by molar-refractivity contribution is 7.07. The third kappa shape index (κ3) is 2.76. The molecule has 0 radical (unpaired) electrons. The highest BCUT2D eigenvalue weighted by Gasteiger charge is 2.45. The van der Waals surface area contributed by atoms with Crippen LogP contribution in [-0.2, 0) is 4.79 Å². The molecule has 1 saturated heterocycles. The van der Waals surface area contributed by atoms with Crippen molar-refractivity contribution in [1.82, 2.24) is 10.2 Å². The van der Waals surface area contributed by atoms with E-state index in [0.29, 0.717) is 17.2 Å². The van der Waals surface area contributed by atoms with E-state index in [9.17, 15) is 4.79 Å². The second-order valence-electron chi connectivity index (χ2n) is 7.12. The van der Waals surface area contributed by atoms with E-state index in [1.807, 2.05) is 0 Å². The predicted molar refractivity (Wildman–Crippen MR) is 87.1 cm³/mol. The molecule has 2 aliphatic rings. The van der Waals surface area contributed by atoms with Crippen LogP contribution >= 0.6 is 11.3 Å². The third-order valence-electron chi connectivity index (χ3n) is 5.38. The van der Waals surface area contributed by atoms with Gasteiger partial charge in [-0.2, -0.15) is 11.3 Å². The summed E-state index contributed by atoms with van der Waals surface area (Å²) in [6.45, 7) is 7.56. The van der Waals surface area contributed by atoms with Crippen molar-refractivity contribution >= 4 is 17.2 Å². The largest absolute Gasteiger partial charge is 0.321 e. The smallest absolute Gasteiger partial charge is 0.241 e. The van der Waals surface area contributed by atoms with Gasteiger partial charge in [0.2, 0.25) is 5.91 Å². The average molecular weight is 306 g/mol. The van der Waals surface area contributed by atoms with E-state index in [0.717, 1.165) is 13.0 Å². The lowest BCUT2D eigenvalue weighted by atomic mass is 9.70. The maximum atomic E-state index is 12.9. The summed E-state index contributed by atoms with van der Waals surface area (Å²) < 4.78 is 0. The van der Waals surface area contributed by atoms with E-state index >= 15 is 0 Å². The van der Waals surface area contributed by atoms with Gasteiger partial charge in [-0.15, -0.1) is 0 Å². The molecule has 21 heavy (non-hydrogen) atoms. The number of carbonyl (C=O) groups excluding carboxylic acids is 1. The predicted octanol–water partition coefficient (Wildman–Crippen LogP) is 3.78. The van der Waals surface area contributed by atoms with E-state index in [-0.39, 0.29) is 12.2 Å². The Bertz CT molecular complexity index is 495. The van der Waals surface area contributed by atoms with Crippen molar-refractivity contribution in [2.45, 2.75) is 58.7 Å². The number of nitrogens with one attached hydrogen (secondary N) is 1. The molecule has 116 valence electrons. The molecular formula is C17H26N2OS. The van der Waals surface area contributed by atoms with Gasteiger partial charge in [0, 0.05) is 6.54 Å². The summed E-state index contributed by atoms with van der Waals surface area (Å²) in [5, 5.41) is 7.86. The summed E-state index contributed by atoms with van der Waals surface area (Å²) in [6.07, 6.45) is 4.91. The van der Waals surface area contributed by atoms with Gasteiger partial charge in [-0.05, 0) is 46.6 Å². The summed E-state index contributed by atoms with van der Waals surface area (Å²) in [6, 6.07) is 2.12. The molecule has 3 unspecified atom stereocenters. The van der Waals surface area contributed by atoms with Crippen LogP contribution in [0.25, 0.3) is 0 Å². The minimum absolute atomic E-state index is 0.0245. The molecule has 1 amide bonds. The molecule has 2 fully saturated rings. The second-order valence-corrected chi connectivity index (χ2v) is 7.90. The molecule has 1 aromatic rings. The molecule has 2 heterocycles. The molecule has 3 atom stereocenters. The first-order valence-electron chi connectivity index (χ1n) is 8.13. The zero-order valence-electron chi connectivity index (χ0n) is 13.3. The summed E-state index contributed by atoms with van der Waals surface area (Å²) in [7, 11) is 0. The summed E-state index contributed by atoms with van der Waals surface area (Å²) in [5.74, 6) is 0.687. The molecule has 0 aromatic carbocycles. The van der Waals surface area contributed by atoms with E-state index < -0.39 is 0 Å². The number of nitrogens with zero attached hydrogens (tertiary/aromatic N) is 1. The van der Waals surface area contributed by atoms with Crippen LogP contribution in [0.3, 0.4) is 0 Å². The number of carbonyl (C=O) groups is 1. The first-order chi connectivity index (χ1) is 10.0. The van der Waals surface area contributed by atoms with Gasteiger partial charge in [0.1, 0.15) is 6.17 Å². The van der Waals surface area contributed by atoms with Crippen molar-refractivity contribution in [3.63, 3.8) is 0 Å². The summed E-state index contributed by atoms with van der Waals surface area (Å²) >= 11 is 1.70. The lowest BCUT2D eigenvalue weighted by Gasteiger charge is -2.42. The van der Waals surface area contributed by atoms with Crippen molar-refractivity contribution in [2.75, 3.05) is 6.54 Å². The molecule has 3 nitrogen and oxygen atoms in total. The Morgan fingerprint density at radius 3 is 2.81 bits per heavy atom. The Kier molecular flexibility index (Phi) is 4.10. The standard InChI is InChI=1S/C17H26N2OS/c1-4-12(2)14-16(20)19(11-17(3)7-5-8-17)15(18-14)13-6-9-21-10-13/h6,9-10,12,14-15,18H,4-5,7-8,11H2,1-3H3. The monoisotopic (exact) mass is 306 g/mol. The molecule has 4 heteroatoms. The number of hydrogen-bond acceptors (Lipinski definition) is 3. The first-order valence-corrected chi connectivity index (χ1v) is 9.07. The van der Waals surface area contributed by atoms with Crippen molar-refractivity contribution in [1.29, 1.82) is 0 Å². The van der Waals surface area contributed by atoms with Crippen LogP contribution in [0.15, 0.2) is 16.8 Å². The summed E-state index contributed by atoms with van der Waals surface area (Å²) in [5.41, 5.74) is 1.57. The Labute approximate surface area is 131 Å². The molecular weight excluding hydrogens is 280 g/mol. The van der Waals surface area contributed by atoms with Crippen molar-refractivity contribution in [3.05, 3.63) is 22.4 Å². The lowest BCUT2D eigenvalue weighted by molar-refractivity contribution is -0.133. The number of thiophene rings is 1. The molecule has 1 saturated carbocycles. The molecule has 0 bridgehead atoms. The Morgan fingerprint density at radius 2 is 2.29 bits per heavy atom. The topological polar surface area (TPSA) is 32.3 Å². The van der Waals surface area contributed by atoms with Gasteiger partial charge in [0.15, 0.2) is 0 Å². The maximum absolute atomic E-state index is 12.9. The van der Waals surface area contributed by atoms with E-state index in [4.69, 9.17) is 0 Å². The van der Waals surface area contributed by atoms with Gasteiger partial charge < -0.3 is 4.90 Å². The van der Waals surface area contributed by atoms with Gasteiger partial charge in [-0.25, -0.2) is 0 Å². The first kappa shape index (κ1) is 15.0. The van der Waals surface area contributed by atoms with Crippen LogP contribution in [0.5, 0.6) is 0 Å². The van der Waals surface area contributed by atoms with Crippen LogP contribution in [-0.4, -0.2) is 23.4 Å². The fourth-order valence-corrected chi connectivity index (χ4v) is 4.19. The van der Waals surface area contributed by atoms with Gasteiger partial charge in [0.25, 0.3) is 0 Å². The zero-order chi connectivity index (χ0) is 15.0. The second kappa shape index (κ2) is 5.73. The maximum Gasteiger partial charge on any atom is 0.241 e. The molecule has 1 N–H and O–H groups in total. The fourth-order valence-electron chi connectivity index (χ4n) is 3.51. The van der Waals surface area contributed by atoms with Crippen LogP contribution < -0.4 is 5.32 Å². The van der Waals surface area contributed by atoms with Crippen molar-refractivity contribution in [3.8, 4) is 0 Å². The molecule has 1 aromatic heterocycles. The minimum Gasteiger partial charge on any atom is -0.321 e. The summed E-state index contributed by atoms with van der Waals surface area (Å²) in [4.78, 5) is 15.0. The van der Waals surface area contributed by atoms with E-state index in [2.05, 4.69) is 47.8 Å². The normalized spacial score (nSPS) is 29.5. The Morgan fingerprint density at radius 1 is 1.52 bits per heavy atom. The van der Waals surface area contributed by atoms with Crippen LogP contribution in [0.2, 0.25) is 0 Å². The van der Waals surface area contributed by atoms with E-state index in [1.54, 1.807) is 11.3 Å². The number of amides is 1. The Balaban J connectivity index is 1.83. The minimum atomic E-state index is -0.0245.